The summed E-state index contributed by atoms with van der Waals surface area (Å²) in [5.74, 6) is 5.96. The van der Waals surface area contributed by atoms with E-state index in [9.17, 15) is 0 Å². The van der Waals surface area contributed by atoms with Crippen molar-refractivity contribution in [1.29, 1.82) is 0 Å². The molecule has 2 aromatic carbocycles. The van der Waals surface area contributed by atoms with Crippen molar-refractivity contribution in [3.63, 3.8) is 0 Å². The molecule has 0 saturated heterocycles. The van der Waals surface area contributed by atoms with Gasteiger partial charge in [-0.15, -0.1) is 5.92 Å². The lowest BCUT2D eigenvalue weighted by atomic mass is 10.0. The molecule has 0 N–H and O–H groups in total. The number of hydrogen-bond acceptors (Lipinski definition) is 0. The van der Waals surface area contributed by atoms with Crippen LogP contribution in [-0.2, 0) is 6.42 Å². The molecule has 0 aliphatic heterocycles. The molecule has 0 unspecified atom stereocenters. The minimum Gasteiger partial charge on any atom is -0.106 e. The van der Waals surface area contributed by atoms with E-state index >= 15 is 0 Å². The fraction of sp³-hybridized carbons (Fsp3) is 0.143. The van der Waals surface area contributed by atoms with E-state index in [1.165, 1.54) is 10.8 Å². The zero-order valence-electron chi connectivity index (χ0n) is 8.55. The molecule has 2 aromatic rings. The standard InChI is InChI=1S/C14H11Cl/c1-2-3-7-13-12-8-5-4-6-11(12)9-10-14(13)15/h4-6,8-10H,7H2,1H3. The maximum Gasteiger partial charge on any atom is 0.0454 e. The van der Waals surface area contributed by atoms with Gasteiger partial charge < -0.3 is 0 Å². The smallest absolute Gasteiger partial charge is 0.0454 e. The molecule has 0 atom stereocenters. The van der Waals surface area contributed by atoms with Crippen LogP contribution >= 0.6 is 11.6 Å². The predicted molar refractivity (Wildman–Crippen MR) is 66.1 cm³/mol. The number of fused-ring (bicyclic) bond motifs is 1. The van der Waals surface area contributed by atoms with Gasteiger partial charge in [-0.3, -0.25) is 0 Å². The third kappa shape index (κ3) is 1.98. The zero-order chi connectivity index (χ0) is 10.7. The molecule has 0 saturated carbocycles. The van der Waals surface area contributed by atoms with Gasteiger partial charge in [-0.2, -0.15) is 0 Å². The Morgan fingerprint density at radius 3 is 2.73 bits per heavy atom. The summed E-state index contributed by atoms with van der Waals surface area (Å²) >= 11 is 6.17. The Kier molecular flexibility index (Phi) is 2.94. The van der Waals surface area contributed by atoms with Crippen LogP contribution in [0.15, 0.2) is 36.4 Å². The summed E-state index contributed by atoms with van der Waals surface area (Å²) in [4.78, 5) is 0. The summed E-state index contributed by atoms with van der Waals surface area (Å²) in [6, 6.07) is 12.2. The van der Waals surface area contributed by atoms with Crippen molar-refractivity contribution in [3.8, 4) is 11.8 Å². The Bertz CT molecular complexity index is 544. The van der Waals surface area contributed by atoms with Crippen molar-refractivity contribution in [3.05, 3.63) is 47.0 Å². The van der Waals surface area contributed by atoms with Crippen molar-refractivity contribution >= 4 is 22.4 Å². The molecule has 0 amide bonds. The molecular weight excluding hydrogens is 204 g/mol. The maximum atomic E-state index is 6.17. The summed E-state index contributed by atoms with van der Waals surface area (Å²) in [7, 11) is 0. The molecular formula is C14H11Cl. The minimum absolute atomic E-state index is 0.719. The SMILES string of the molecule is CC#CCc1c(Cl)ccc2ccccc12. The first-order valence-corrected chi connectivity index (χ1v) is 5.26. The Balaban J connectivity index is 2.66. The maximum absolute atomic E-state index is 6.17. The molecule has 0 radical (unpaired) electrons. The normalized spacial score (nSPS) is 9.73. The van der Waals surface area contributed by atoms with Crippen LogP contribution in [0.1, 0.15) is 12.5 Å². The Morgan fingerprint density at radius 2 is 1.93 bits per heavy atom. The van der Waals surface area contributed by atoms with Crippen LogP contribution in [0.25, 0.3) is 10.8 Å². The van der Waals surface area contributed by atoms with Crippen LogP contribution < -0.4 is 0 Å². The highest BCUT2D eigenvalue weighted by molar-refractivity contribution is 6.32. The number of hydrogen-bond donors (Lipinski definition) is 0. The molecule has 0 aromatic heterocycles. The zero-order valence-corrected chi connectivity index (χ0v) is 9.31. The third-order valence-corrected chi connectivity index (χ3v) is 2.78. The van der Waals surface area contributed by atoms with Gasteiger partial charge in [0.2, 0.25) is 0 Å². The first-order valence-electron chi connectivity index (χ1n) is 4.88. The molecule has 0 bridgehead atoms. The molecule has 0 heterocycles. The van der Waals surface area contributed by atoms with Gasteiger partial charge in [-0.1, -0.05) is 47.9 Å². The summed E-state index contributed by atoms with van der Waals surface area (Å²) in [5.41, 5.74) is 1.13. The molecule has 15 heavy (non-hydrogen) atoms. The lowest BCUT2D eigenvalue weighted by molar-refractivity contribution is 1.35. The molecule has 74 valence electrons. The topological polar surface area (TPSA) is 0 Å². The highest BCUT2D eigenvalue weighted by Gasteiger charge is 2.03. The van der Waals surface area contributed by atoms with E-state index in [4.69, 9.17) is 11.6 Å². The fourth-order valence-corrected chi connectivity index (χ4v) is 1.90. The van der Waals surface area contributed by atoms with E-state index in [0.717, 1.165) is 17.0 Å². The average Bonchev–Trinajstić information content (AvgIpc) is 2.28. The van der Waals surface area contributed by atoms with Crippen LogP contribution in [-0.4, -0.2) is 0 Å². The summed E-state index contributed by atoms with van der Waals surface area (Å²) < 4.78 is 0. The van der Waals surface area contributed by atoms with E-state index in [2.05, 4.69) is 24.0 Å². The van der Waals surface area contributed by atoms with Crippen LogP contribution in [0, 0.1) is 11.8 Å². The van der Waals surface area contributed by atoms with Gasteiger partial charge in [0.05, 0.1) is 0 Å². The molecule has 0 fully saturated rings. The van der Waals surface area contributed by atoms with Crippen LogP contribution in [0.3, 0.4) is 0 Å². The van der Waals surface area contributed by atoms with Gasteiger partial charge in [0.25, 0.3) is 0 Å². The van der Waals surface area contributed by atoms with Gasteiger partial charge in [0.1, 0.15) is 0 Å². The second kappa shape index (κ2) is 4.38. The van der Waals surface area contributed by atoms with Gasteiger partial charge in [-0.05, 0) is 29.3 Å². The van der Waals surface area contributed by atoms with Crippen LogP contribution in [0.5, 0.6) is 0 Å². The Hall–Kier alpha value is -1.45. The second-order valence-corrected chi connectivity index (χ2v) is 3.76. The largest absolute Gasteiger partial charge is 0.106 e. The quantitative estimate of drug-likeness (QED) is 0.628. The first kappa shape index (κ1) is 10.1. The van der Waals surface area contributed by atoms with Gasteiger partial charge in [0.15, 0.2) is 0 Å². The lowest BCUT2D eigenvalue weighted by Gasteiger charge is -2.05. The van der Waals surface area contributed by atoms with Crippen molar-refractivity contribution < 1.29 is 0 Å². The first-order chi connectivity index (χ1) is 7.33. The van der Waals surface area contributed by atoms with Gasteiger partial charge in [0, 0.05) is 11.4 Å². The van der Waals surface area contributed by atoms with E-state index in [-0.39, 0.29) is 0 Å². The minimum atomic E-state index is 0.719. The van der Waals surface area contributed by atoms with E-state index < -0.39 is 0 Å². The second-order valence-electron chi connectivity index (χ2n) is 3.35. The number of rotatable bonds is 1. The van der Waals surface area contributed by atoms with Crippen molar-refractivity contribution in [1.82, 2.24) is 0 Å². The van der Waals surface area contributed by atoms with Gasteiger partial charge >= 0.3 is 0 Å². The van der Waals surface area contributed by atoms with Crippen molar-refractivity contribution in [2.75, 3.05) is 0 Å². The number of benzene rings is 2. The summed E-state index contributed by atoms with van der Waals surface area (Å²) in [5, 5.41) is 3.22. The molecule has 2 rings (SSSR count). The third-order valence-electron chi connectivity index (χ3n) is 2.43. The monoisotopic (exact) mass is 214 g/mol. The van der Waals surface area contributed by atoms with E-state index in [0.29, 0.717) is 0 Å². The Labute approximate surface area is 94.9 Å². The average molecular weight is 215 g/mol. The van der Waals surface area contributed by atoms with E-state index in [1.54, 1.807) is 0 Å². The highest BCUT2D eigenvalue weighted by Crippen LogP contribution is 2.26. The highest BCUT2D eigenvalue weighted by atomic mass is 35.5. The summed E-state index contributed by atoms with van der Waals surface area (Å²) in [6.45, 7) is 1.85. The molecule has 0 aliphatic rings. The van der Waals surface area contributed by atoms with Crippen molar-refractivity contribution in [2.24, 2.45) is 0 Å². The fourth-order valence-electron chi connectivity index (χ4n) is 1.67. The van der Waals surface area contributed by atoms with E-state index in [1.807, 2.05) is 31.2 Å². The predicted octanol–water partition coefficient (Wildman–Crippen LogP) is 4.06. The van der Waals surface area contributed by atoms with Crippen LogP contribution in [0.4, 0.5) is 0 Å². The molecule has 0 aliphatic carbocycles. The lowest BCUT2D eigenvalue weighted by Crippen LogP contribution is -1.86. The number of halogens is 1. The van der Waals surface area contributed by atoms with Crippen LogP contribution in [0.2, 0.25) is 5.02 Å². The summed E-state index contributed by atoms with van der Waals surface area (Å²) in [6.07, 6.45) is 0.719. The van der Waals surface area contributed by atoms with Crippen molar-refractivity contribution in [2.45, 2.75) is 13.3 Å². The Morgan fingerprint density at radius 1 is 1.13 bits per heavy atom. The molecule has 0 spiro atoms. The molecule has 0 nitrogen and oxygen atoms in total. The molecule has 1 heteroatoms. The van der Waals surface area contributed by atoms with Gasteiger partial charge in [-0.25, -0.2) is 0 Å².